The summed E-state index contributed by atoms with van der Waals surface area (Å²) in [5, 5.41) is 2.87. The lowest BCUT2D eigenvalue weighted by Gasteiger charge is -2.30. The number of nitrogens with zero attached hydrogens (tertiary/aromatic N) is 2. The molecule has 6 heteroatoms. The quantitative estimate of drug-likeness (QED) is 0.835. The Morgan fingerprint density at radius 3 is 2.57 bits per heavy atom. The van der Waals surface area contributed by atoms with Crippen molar-refractivity contribution in [3.05, 3.63) is 59.4 Å². The lowest BCUT2D eigenvalue weighted by molar-refractivity contribution is 0.0697. The van der Waals surface area contributed by atoms with E-state index in [1.54, 1.807) is 19.2 Å². The SMILES string of the molecule is COc1ccc(CCNC(=O)c2cc(C(=O)N3CCC(C)CC3)ccn2)cc1. The van der Waals surface area contributed by atoms with Gasteiger partial charge in [0.2, 0.25) is 0 Å². The van der Waals surface area contributed by atoms with E-state index in [0.29, 0.717) is 24.4 Å². The molecule has 6 nitrogen and oxygen atoms in total. The fourth-order valence-electron chi connectivity index (χ4n) is 3.29. The van der Waals surface area contributed by atoms with Crippen LogP contribution in [0.4, 0.5) is 0 Å². The van der Waals surface area contributed by atoms with Crippen molar-refractivity contribution >= 4 is 11.8 Å². The monoisotopic (exact) mass is 381 g/mol. The van der Waals surface area contributed by atoms with Crippen molar-refractivity contribution in [1.29, 1.82) is 0 Å². The van der Waals surface area contributed by atoms with Gasteiger partial charge >= 0.3 is 0 Å². The molecule has 0 saturated carbocycles. The number of carbonyl (C=O) groups is 2. The molecule has 3 rings (SSSR count). The standard InChI is InChI=1S/C22H27N3O3/c1-16-9-13-25(14-10-16)22(27)18-8-12-23-20(15-18)21(26)24-11-7-17-3-5-19(28-2)6-4-17/h3-6,8,12,15-16H,7,9-11,13-14H2,1-2H3,(H,24,26). The summed E-state index contributed by atoms with van der Waals surface area (Å²) in [7, 11) is 1.63. The molecular formula is C22H27N3O3. The average Bonchev–Trinajstić information content (AvgIpc) is 2.74. The predicted molar refractivity (Wildman–Crippen MR) is 108 cm³/mol. The molecule has 0 radical (unpaired) electrons. The zero-order chi connectivity index (χ0) is 19.9. The van der Waals surface area contributed by atoms with E-state index in [1.165, 1.54) is 6.20 Å². The first-order valence-electron chi connectivity index (χ1n) is 9.73. The third-order valence-electron chi connectivity index (χ3n) is 5.17. The van der Waals surface area contributed by atoms with E-state index in [9.17, 15) is 9.59 Å². The molecule has 1 N–H and O–H groups in total. The third kappa shape index (κ3) is 5.09. The van der Waals surface area contributed by atoms with Gasteiger partial charge in [-0.15, -0.1) is 0 Å². The molecule has 0 aliphatic carbocycles. The second-order valence-corrected chi connectivity index (χ2v) is 7.26. The maximum atomic E-state index is 12.7. The number of ether oxygens (including phenoxy) is 1. The van der Waals surface area contributed by atoms with Crippen LogP contribution in [0.25, 0.3) is 0 Å². The predicted octanol–water partition coefficient (Wildman–Crippen LogP) is 2.93. The van der Waals surface area contributed by atoms with Gasteiger partial charge in [-0.05, 0) is 55.0 Å². The Labute approximate surface area is 165 Å². The molecule has 0 spiro atoms. The van der Waals surface area contributed by atoms with Gasteiger partial charge in [-0.1, -0.05) is 19.1 Å². The zero-order valence-corrected chi connectivity index (χ0v) is 16.5. The van der Waals surface area contributed by atoms with Crippen molar-refractivity contribution in [2.24, 2.45) is 5.92 Å². The van der Waals surface area contributed by atoms with Crippen LogP contribution in [-0.4, -0.2) is 48.4 Å². The fraction of sp³-hybridized carbons (Fsp3) is 0.409. The first-order valence-corrected chi connectivity index (χ1v) is 9.73. The molecule has 2 amide bonds. The highest BCUT2D eigenvalue weighted by molar-refractivity contribution is 5.98. The molecule has 1 aromatic carbocycles. The summed E-state index contributed by atoms with van der Waals surface area (Å²) < 4.78 is 5.14. The van der Waals surface area contributed by atoms with Gasteiger partial charge in [0.25, 0.3) is 11.8 Å². The third-order valence-corrected chi connectivity index (χ3v) is 5.17. The lowest BCUT2D eigenvalue weighted by atomic mass is 9.98. The van der Waals surface area contributed by atoms with Gasteiger partial charge in [-0.2, -0.15) is 0 Å². The highest BCUT2D eigenvalue weighted by atomic mass is 16.5. The summed E-state index contributed by atoms with van der Waals surface area (Å²) in [5.74, 6) is 1.17. The Morgan fingerprint density at radius 1 is 1.18 bits per heavy atom. The minimum Gasteiger partial charge on any atom is -0.497 e. The Morgan fingerprint density at radius 2 is 1.89 bits per heavy atom. The van der Waals surface area contributed by atoms with Gasteiger partial charge < -0.3 is 15.0 Å². The number of methoxy groups -OCH3 is 1. The van der Waals surface area contributed by atoms with Crippen LogP contribution in [-0.2, 0) is 6.42 Å². The normalized spacial score (nSPS) is 14.6. The van der Waals surface area contributed by atoms with Gasteiger partial charge in [0.15, 0.2) is 0 Å². The number of piperidine rings is 1. The number of pyridine rings is 1. The summed E-state index contributed by atoms with van der Waals surface area (Å²) >= 11 is 0. The van der Waals surface area contributed by atoms with Crippen molar-refractivity contribution in [2.75, 3.05) is 26.7 Å². The first-order chi connectivity index (χ1) is 13.6. The van der Waals surface area contributed by atoms with Crippen molar-refractivity contribution in [3.63, 3.8) is 0 Å². The molecule has 0 atom stereocenters. The van der Waals surface area contributed by atoms with Crippen molar-refractivity contribution in [1.82, 2.24) is 15.2 Å². The molecule has 0 bridgehead atoms. The number of hydrogen-bond donors (Lipinski definition) is 1. The number of amides is 2. The molecule has 28 heavy (non-hydrogen) atoms. The van der Waals surface area contributed by atoms with Crippen LogP contribution in [0.5, 0.6) is 5.75 Å². The van der Waals surface area contributed by atoms with Crippen LogP contribution in [0.2, 0.25) is 0 Å². The fourth-order valence-corrected chi connectivity index (χ4v) is 3.29. The summed E-state index contributed by atoms with van der Waals surface area (Å²) in [4.78, 5) is 31.1. The molecular weight excluding hydrogens is 354 g/mol. The molecule has 1 saturated heterocycles. The maximum absolute atomic E-state index is 12.7. The van der Waals surface area contributed by atoms with E-state index in [0.717, 1.165) is 37.2 Å². The number of likely N-dealkylation sites (tertiary alicyclic amines) is 1. The molecule has 1 aliphatic heterocycles. The van der Waals surface area contributed by atoms with E-state index in [4.69, 9.17) is 4.74 Å². The van der Waals surface area contributed by atoms with Crippen LogP contribution >= 0.6 is 0 Å². The minimum atomic E-state index is -0.268. The number of hydrogen-bond acceptors (Lipinski definition) is 4. The van der Waals surface area contributed by atoms with E-state index < -0.39 is 0 Å². The molecule has 1 aliphatic rings. The molecule has 0 unspecified atom stereocenters. The van der Waals surface area contributed by atoms with E-state index in [1.807, 2.05) is 29.2 Å². The maximum Gasteiger partial charge on any atom is 0.269 e. The Kier molecular flexibility index (Phi) is 6.63. The van der Waals surface area contributed by atoms with Gasteiger partial charge in [0.05, 0.1) is 7.11 Å². The minimum absolute atomic E-state index is 0.0263. The van der Waals surface area contributed by atoms with Crippen LogP contribution in [0.1, 0.15) is 46.2 Å². The van der Waals surface area contributed by atoms with Gasteiger partial charge in [-0.25, -0.2) is 0 Å². The topological polar surface area (TPSA) is 71.5 Å². The summed E-state index contributed by atoms with van der Waals surface area (Å²) in [6.45, 7) is 4.25. The molecule has 2 heterocycles. The number of rotatable bonds is 6. The Hall–Kier alpha value is -2.89. The number of benzene rings is 1. The molecule has 1 fully saturated rings. The number of carbonyl (C=O) groups excluding carboxylic acids is 2. The average molecular weight is 381 g/mol. The molecule has 148 valence electrons. The van der Waals surface area contributed by atoms with Crippen LogP contribution in [0.15, 0.2) is 42.6 Å². The molecule has 2 aromatic rings. The second kappa shape index (κ2) is 9.35. The van der Waals surface area contributed by atoms with Gasteiger partial charge in [0.1, 0.15) is 11.4 Å². The smallest absolute Gasteiger partial charge is 0.269 e. The Balaban J connectivity index is 1.55. The highest BCUT2D eigenvalue weighted by Gasteiger charge is 2.22. The number of aromatic nitrogens is 1. The Bertz CT molecular complexity index is 812. The van der Waals surface area contributed by atoms with Crippen molar-refractivity contribution in [2.45, 2.75) is 26.2 Å². The molecule has 1 aromatic heterocycles. The van der Waals surface area contributed by atoms with E-state index in [2.05, 4.69) is 17.2 Å². The summed E-state index contributed by atoms with van der Waals surface area (Å²) in [6.07, 6.45) is 4.28. The van der Waals surface area contributed by atoms with Crippen molar-refractivity contribution < 1.29 is 14.3 Å². The van der Waals surface area contributed by atoms with Crippen LogP contribution < -0.4 is 10.1 Å². The largest absolute Gasteiger partial charge is 0.497 e. The van der Waals surface area contributed by atoms with E-state index in [-0.39, 0.29) is 17.5 Å². The first kappa shape index (κ1) is 19.9. The van der Waals surface area contributed by atoms with Crippen LogP contribution in [0.3, 0.4) is 0 Å². The highest BCUT2D eigenvalue weighted by Crippen LogP contribution is 2.18. The van der Waals surface area contributed by atoms with Crippen LogP contribution in [0, 0.1) is 5.92 Å². The zero-order valence-electron chi connectivity index (χ0n) is 16.5. The van der Waals surface area contributed by atoms with Crippen molar-refractivity contribution in [3.8, 4) is 5.75 Å². The summed E-state index contributed by atoms with van der Waals surface area (Å²) in [6, 6.07) is 11.0. The van der Waals surface area contributed by atoms with E-state index >= 15 is 0 Å². The number of nitrogens with one attached hydrogen (secondary N) is 1. The lowest BCUT2D eigenvalue weighted by Crippen LogP contribution is -2.38. The second-order valence-electron chi connectivity index (χ2n) is 7.26. The summed E-state index contributed by atoms with van der Waals surface area (Å²) in [5.41, 5.74) is 1.90. The van der Waals surface area contributed by atoms with Gasteiger partial charge in [0, 0.05) is 31.4 Å². The van der Waals surface area contributed by atoms with Gasteiger partial charge in [-0.3, -0.25) is 14.6 Å².